The van der Waals surface area contributed by atoms with Crippen LogP contribution in [0.1, 0.15) is 39.5 Å². The van der Waals surface area contributed by atoms with Gasteiger partial charge in [-0.25, -0.2) is 4.79 Å². The molecule has 0 aromatic rings. The summed E-state index contributed by atoms with van der Waals surface area (Å²) in [6.07, 6.45) is 2.97. The summed E-state index contributed by atoms with van der Waals surface area (Å²) in [5.41, 5.74) is 1.35. The average Bonchev–Trinajstić information content (AvgIpc) is 2.32. The van der Waals surface area contributed by atoms with E-state index >= 15 is 0 Å². The van der Waals surface area contributed by atoms with Crippen molar-refractivity contribution in [3.63, 3.8) is 0 Å². The van der Waals surface area contributed by atoms with Crippen molar-refractivity contribution < 1.29 is 14.6 Å². The molecule has 1 aliphatic rings. The molecule has 74 valence electrons. The highest BCUT2D eigenvalue weighted by Gasteiger charge is 2.28. The molecule has 1 N–H and O–H groups in total. The van der Waals surface area contributed by atoms with Gasteiger partial charge < -0.3 is 9.84 Å². The molecule has 0 bridgehead atoms. The fourth-order valence-corrected chi connectivity index (χ4v) is 1.42. The van der Waals surface area contributed by atoms with Gasteiger partial charge in [-0.1, -0.05) is 19.8 Å². The van der Waals surface area contributed by atoms with E-state index < -0.39 is 6.29 Å². The summed E-state index contributed by atoms with van der Waals surface area (Å²) in [5, 5.41) is 9.19. The molecule has 13 heavy (non-hydrogen) atoms. The first-order valence-corrected chi connectivity index (χ1v) is 4.75. The normalized spacial score (nSPS) is 22.4. The number of unbranched alkanes of at least 4 members (excludes halogenated alkanes) is 2. The number of esters is 1. The second-order valence-corrected chi connectivity index (χ2v) is 3.38. The first-order chi connectivity index (χ1) is 6.16. The maximum absolute atomic E-state index is 11.1. The van der Waals surface area contributed by atoms with E-state index in [4.69, 9.17) is 0 Å². The van der Waals surface area contributed by atoms with Crippen molar-refractivity contribution in [2.75, 3.05) is 0 Å². The Kier molecular flexibility index (Phi) is 3.48. The standard InChI is InChI=1S/C10H16O3/c1-3-4-5-6-8-7(2)9(11)13-10(8)12/h9,11H,3-6H2,1-2H3. The summed E-state index contributed by atoms with van der Waals surface area (Å²) >= 11 is 0. The van der Waals surface area contributed by atoms with Crippen molar-refractivity contribution in [2.45, 2.75) is 45.8 Å². The van der Waals surface area contributed by atoms with Gasteiger partial charge in [0.1, 0.15) is 0 Å². The van der Waals surface area contributed by atoms with Crippen LogP contribution in [0.2, 0.25) is 0 Å². The van der Waals surface area contributed by atoms with E-state index in [1.165, 1.54) is 0 Å². The van der Waals surface area contributed by atoms with E-state index in [0.717, 1.165) is 25.7 Å². The SMILES string of the molecule is CCCCCC1=C(C)C(O)OC1=O. The monoisotopic (exact) mass is 184 g/mol. The van der Waals surface area contributed by atoms with Crippen LogP contribution in [-0.2, 0) is 9.53 Å². The van der Waals surface area contributed by atoms with Crippen molar-refractivity contribution in [2.24, 2.45) is 0 Å². The van der Waals surface area contributed by atoms with Crippen LogP contribution in [0.4, 0.5) is 0 Å². The van der Waals surface area contributed by atoms with Gasteiger partial charge in [-0.3, -0.25) is 0 Å². The maximum Gasteiger partial charge on any atom is 0.336 e. The van der Waals surface area contributed by atoms with Gasteiger partial charge in [0.25, 0.3) is 0 Å². The van der Waals surface area contributed by atoms with Crippen molar-refractivity contribution in [1.29, 1.82) is 0 Å². The Bertz CT molecular complexity index is 230. The Morgan fingerprint density at radius 3 is 2.62 bits per heavy atom. The highest BCUT2D eigenvalue weighted by molar-refractivity contribution is 5.91. The molecule has 0 saturated heterocycles. The van der Waals surface area contributed by atoms with Gasteiger partial charge >= 0.3 is 5.97 Å². The van der Waals surface area contributed by atoms with Gasteiger partial charge in [0.15, 0.2) is 0 Å². The van der Waals surface area contributed by atoms with Gasteiger partial charge in [-0.15, -0.1) is 0 Å². The molecule has 1 atom stereocenters. The molecule has 0 aromatic carbocycles. The van der Waals surface area contributed by atoms with E-state index in [2.05, 4.69) is 11.7 Å². The summed E-state index contributed by atoms with van der Waals surface area (Å²) < 4.78 is 4.66. The second kappa shape index (κ2) is 4.42. The summed E-state index contributed by atoms with van der Waals surface area (Å²) in [4.78, 5) is 11.1. The Morgan fingerprint density at radius 1 is 1.46 bits per heavy atom. The van der Waals surface area contributed by atoms with E-state index in [1.807, 2.05) is 0 Å². The molecule has 3 heteroatoms. The van der Waals surface area contributed by atoms with Crippen LogP contribution < -0.4 is 0 Å². The molecule has 3 nitrogen and oxygen atoms in total. The summed E-state index contributed by atoms with van der Waals surface area (Å²) in [5.74, 6) is -0.346. The third kappa shape index (κ3) is 2.31. The van der Waals surface area contributed by atoms with Gasteiger partial charge in [0, 0.05) is 11.1 Å². The van der Waals surface area contributed by atoms with Crippen molar-refractivity contribution >= 4 is 5.97 Å². The zero-order valence-electron chi connectivity index (χ0n) is 8.17. The molecule has 1 heterocycles. The number of hydrogen-bond acceptors (Lipinski definition) is 3. The molecular weight excluding hydrogens is 168 g/mol. The van der Waals surface area contributed by atoms with Crippen LogP contribution in [0.5, 0.6) is 0 Å². The minimum Gasteiger partial charge on any atom is -0.428 e. The molecule has 0 radical (unpaired) electrons. The number of ether oxygens (including phenoxy) is 1. The summed E-state index contributed by atoms with van der Waals surface area (Å²) in [6, 6.07) is 0. The molecule has 0 amide bonds. The molecule has 0 fully saturated rings. The Hall–Kier alpha value is -0.830. The van der Waals surface area contributed by atoms with E-state index in [9.17, 15) is 9.90 Å². The molecule has 0 aromatic heterocycles. The number of hydrogen-bond donors (Lipinski definition) is 1. The maximum atomic E-state index is 11.1. The van der Waals surface area contributed by atoms with Gasteiger partial charge in [-0.05, 0) is 19.8 Å². The molecular formula is C10H16O3. The lowest BCUT2D eigenvalue weighted by molar-refractivity contribution is -0.152. The van der Waals surface area contributed by atoms with Gasteiger partial charge in [0.2, 0.25) is 6.29 Å². The fraction of sp³-hybridized carbons (Fsp3) is 0.700. The van der Waals surface area contributed by atoms with E-state index in [1.54, 1.807) is 6.92 Å². The predicted octanol–water partition coefficient (Wildman–Crippen LogP) is 1.76. The quantitative estimate of drug-likeness (QED) is 0.535. The minimum atomic E-state index is -0.996. The zero-order chi connectivity index (χ0) is 9.84. The Balaban J connectivity index is 2.51. The van der Waals surface area contributed by atoms with Crippen molar-refractivity contribution in [3.8, 4) is 0 Å². The number of carbonyl (C=O) groups is 1. The predicted molar refractivity (Wildman–Crippen MR) is 48.9 cm³/mol. The topological polar surface area (TPSA) is 46.5 Å². The number of cyclic esters (lactones) is 1. The zero-order valence-corrected chi connectivity index (χ0v) is 8.17. The Labute approximate surface area is 78.4 Å². The number of rotatable bonds is 4. The van der Waals surface area contributed by atoms with Crippen LogP contribution in [0.3, 0.4) is 0 Å². The largest absolute Gasteiger partial charge is 0.428 e. The average molecular weight is 184 g/mol. The number of aliphatic hydroxyl groups is 1. The molecule has 1 aliphatic heterocycles. The van der Waals surface area contributed by atoms with Crippen molar-refractivity contribution in [3.05, 3.63) is 11.1 Å². The van der Waals surface area contributed by atoms with Crippen LogP contribution in [-0.4, -0.2) is 17.4 Å². The third-order valence-corrected chi connectivity index (χ3v) is 2.34. The lowest BCUT2D eigenvalue weighted by atomic mass is 10.0. The van der Waals surface area contributed by atoms with Crippen LogP contribution >= 0.6 is 0 Å². The highest BCUT2D eigenvalue weighted by atomic mass is 16.6. The smallest absolute Gasteiger partial charge is 0.336 e. The van der Waals surface area contributed by atoms with E-state index in [0.29, 0.717) is 11.1 Å². The number of carbonyl (C=O) groups excluding carboxylic acids is 1. The summed E-state index contributed by atoms with van der Waals surface area (Å²) in [6.45, 7) is 3.86. The first-order valence-electron chi connectivity index (χ1n) is 4.75. The van der Waals surface area contributed by atoms with Crippen LogP contribution in [0, 0.1) is 0 Å². The van der Waals surface area contributed by atoms with E-state index in [-0.39, 0.29) is 5.97 Å². The lowest BCUT2D eigenvalue weighted by Gasteiger charge is -1.99. The fourth-order valence-electron chi connectivity index (χ4n) is 1.42. The lowest BCUT2D eigenvalue weighted by Crippen LogP contribution is -2.08. The summed E-state index contributed by atoms with van der Waals surface area (Å²) in [7, 11) is 0. The Morgan fingerprint density at radius 2 is 2.15 bits per heavy atom. The second-order valence-electron chi connectivity index (χ2n) is 3.38. The van der Waals surface area contributed by atoms with Crippen LogP contribution in [0.15, 0.2) is 11.1 Å². The minimum absolute atomic E-state index is 0.346. The highest BCUT2D eigenvalue weighted by Crippen LogP contribution is 2.24. The molecule has 1 unspecified atom stereocenters. The third-order valence-electron chi connectivity index (χ3n) is 2.34. The molecule has 0 saturated carbocycles. The van der Waals surface area contributed by atoms with Crippen LogP contribution in [0.25, 0.3) is 0 Å². The van der Waals surface area contributed by atoms with Gasteiger partial charge in [0.05, 0.1) is 0 Å². The number of aliphatic hydroxyl groups excluding tert-OH is 1. The van der Waals surface area contributed by atoms with Gasteiger partial charge in [-0.2, -0.15) is 0 Å². The first kappa shape index (κ1) is 10.3. The molecule has 1 rings (SSSR count). The van der Waals surface area contributed by atoms with Crippen molar-refractivity contribution in [1.82, 2.24) is 0 Å². The molecule has 0 spiro atoms. The molecule has 0 aliphatic carbocycles.